The molecule has 1 amide bonds. The van der Waals surface area contributed by atoms with Gasteiger partial charge in [-0.2, -0.15) is 0 Å². The zero-order valence-corrected chi connectivity index (χ0v) is 11.4. The molecule has 20 heavy (non-hydrogen) atoms. The molecule has 0 aliphatic heterocycles. The molecule has 8 heteroatoms. The number of esters is 1. The van der Waals surface area contributed by atoms with Gasteiger partial charge in [0, 0.05) is 18.8 Å². The van der Waals surface area contributed by atoms with Crippen molar-refractivity contribution >= 4 is 29.4 Å². The van der Waals surface area contributed by atoms with Crippen LogP contribution in [0.1, 0.15) is 23.2 Å². The van der Waals surface area contributed by atoms with Crippen LogP contribution in [0.4, 0.5) is 0 Å². The minimum absolute atomic E-state index is 0.0680. The Morgan fingerprint density at radius 2 is 2.20 bits per heavy atom. The molecule has 1 aromatic rings. The number of methoxy groups -OCH3 is 1. The second-order valence-electron chi connectivity index (χ2n) is 3.83. The highest BCUT2D eigenvalue weighted by molar-refractivity contribution is 6.33. The standard InChI is InChI=1S/C12H13ClN2O5/c1-20-10(16)3-2-9(12(18)19)15-11(17)7-6-14-5-4-8(7)13/h4-6,9H,2-3H2,1H3,(H,15,17)(H,18,19)/t9-/m1/s1. The molecular weight excluding hydrogens is 288 g/mol. The van der Waals surface area contributed by atoms with E-state index in [-0.39, 0.29) is 23.4 Å². The van der Waals surface area contributed by atoms with Crippen molar-refractivity contribution in [3.63, 3.8) is 0 Å². The van der Waals surface area contributed by atoms with Crippen molar-refractivity contribution in [1.82, 2.24) is 10.3 Å². The van der Waals surface area contributed by atoms with E-state index in [1.807, 2.05) is 0 Å². The van der Waals surface area contributed by atoms with Crippen LogP contribution in [0.5, 0.6) is 0 Å². The van der Waals surface area contributed by atoms with Gasteiger partial charge in [-0.15, -0.1) is 0 Å². The monoisotopic (exact) mass is 300 g/mol. The highest BCUT2D eigenvalue weighted by atomic mass is 35.5. The van der Waals surface area contributed by atoms with E-state index in [1.165, 1.54) is 25.6 Å². The number of nitrogens with one attached hydrogen (secondary N) is 1. The predicted molar refractivity (Wildman–Crippen MR) is 69.4 cm³/mol. The third kappa shape index (κ3) is 4.51. The smallest absolute Gasteiger partial charge is 0.326 e. The van der Waals surface area contributed by atoms with E-state index in [1.54, 1.807) is 0 Å². The largest absolute Gasteiger partial charge is 0.480 e. The van der Waals surface area contributed by atoms with Crippen molar-refractivity contribution in [2.24, 2.45) is 0 Å². The van der Waals surface area contributed by atoms with Crippen molar-refractivity contribution in [3.8, 4) is 0 Å². The second-order valence-corrected chi connectivity index (χ2v) is 4.24. The molecule has 1 aromatic heterocycles. The van der Waals surface area contributed by atoms with Gasteiger partial charge in [-0.1, -0.05) is 11.6 Å². The van der Waals surface area contributed by atoms with E-state index >= 15 is 0 Å². The Kier molecular flexibility index (Phi) is 5.92. The van der Waals surface area contributed by atoms with E-state index in [0.717, 1.165) is 0 Å². The molecule has 0 aliphatic rings. The molecule has 0 aliphatic carbocycles. The Morgan fingerprint density at radius 3 is 2.75 bits per heavy atom. The van der Waals surface area contributed by atoms with Crippen molar-refractivity contribution in [2.45, 2.75) is 18.9 Å². The molecule has 0 unspecified atom stereocenters. The highest BCUT2D eigenvalue weighted by Gasteiger charge is 2.22. The molecule has 0 bridgehead atoms. The van der Waals surface area contributed by atoms with Crippen LogP contribution in [-0.4, -0.2) is 41.1 Å². The van der Waals surface area contributed by atoms with Gasteiger partial charge in [0.1, 0.15) is 6.04 Å². The Bertz CT molecular complexity index is 520. The van der Waals surface area contributed by atoms with E-state index in [9.17, 15) is 14.4 Å². The van der Waals surface area contributed by atoms with Gasteiger partial charge in [0.2, 0.25) is 0 Å². The zero-order chi connectivity index (χ0) is 15.1. The lowest BCUT2D eigenvalue weighted by atomic mass is 10.1. The molecule has 2 N–H and O–H groups in total. The average molecular weight is 301 g/mol. The van der Waals surface area contributed by atoms with Gasteiger partial charge in [0.15, 0.2) is 0 Å². The maximum atomic E-state index is 11.9. The summed E-state index contributed by atoms with van der Waals surface area (Å²) in [6.07, 6.45) is 2.45. The summed E-state index contributed by atoms with van der Waals surface area (Å²) >= 11 is 5.81. The Balaban J connectivity index is 2.71. The molecule has 0 spiro atoms. The molecular formula is C12H13ClN2O5. The van der Waals surface area contributed by atoms with E-state index in [4.69, 9.17) is 16.7 Å². The number of nitrogens with zero attached hydrogens (tertiary/aromatic N) is 1. The molecule has 1 rings (SSSR count). The number of amides is 1. The first kappa shape index (κ1) is 15.9. The number of carboxylic acid groups (broad SMARTS) is 1. The van der Waals surface area contributed by atoms with Crippen molar-refractivity contribution < 1.29 is 24.2 Å². The maximum Gasteiger partial charge on any atom is 0.326 e. The summed E-state index contributed by atoms with van der Waals surface area (Å²) in [4.78, 5) is 37.6. The molecule has 1 heterocycles. The summed E-state index contributed by atoms with van der Waals surface area (Å²) in [6.45, 7) is 0. The van der Waals surface area contributed by atoms with Crippen molar-refractivity contribution in [2.75, 3.05) is 7.11 Å². The fourth-order valence-corrected chi connectivity index (χ4v) is 1.59. The lowest BCUT2D eigenvalue weighted by Crippen LogP contribution is -2.41. The summed E-state index contributed by atoms with van der Waals surface area (Å²) < 4.78 is 4.41. The van der Waals surface area contributed by atoms with E-state index in [2.05, 4.69) is 15.0 Å². The number of carbonyl (C=O) groups is 3. The van der Waals surface area contributed by atoms with Crippen LogP contribution < -0.4 is 5.32 Å². The first-order valence-electron chi connectivity index (χ1n) is 5.65. The number of hydrogen-bond acceptors (Lipinski definition) is 5. The molecule has 0 fully saturated rings. The second kappa shape index (κ2) is 7.44. The van der Waals surface area contributed by atoms with Crippen LogP contribution in [0.2, 0.25) is 5.02 Å². The summed E-state index contributed by atoms with van der Waals surface area (Å²) in [6, 6.07) is 0.207. The lowest BCUT2D eigenvalue weighted by molar-refractivity contribution is -0.142. The minimum Gasteiger partial charge on any atom is -0.480 e. The van der Waals surface area contributed by atoms with Gasteiger partial charge in [-0.3, -0.25) is 14.6 Å². The number of aliphatic carboxylic acids is 1. The molecule has 0 saturated heterocycles. The SMILES string of the molecule is COC(=O)CC[C@@H](NC(=O)c1cnccc1Cl)C(=O)O. The quantitative estimate of drug-likeness (QED) is 0.755. The van der Waals surface area contributed by atoms with Crippen LogP contribution in [0.15, 0.2) is 18.5 Å². The van der Waals surface area contributed by atoms with Crippen LogP contribution in [-0.2, 0) is 14.3 Å². The number of ether oxygens (including phenoxy) is 1. The molecule has 108 valence electrons. The maximum absolute atomic E-state index is 11.9. The van der Waals surface area contributed by atoms with Crippen LogP contribution in [0, 0.1) is 0 Å². The third-order valence-electron chi connectivity index (χ3n) is 2.48. The first-order chi connectivity index (χ1) is 9.45. The van der Waals surface area contributed by atoms with E-state index in [0.29, 0.717) is 0 Å². The van der Waals surface area contributed by atoms with Gasteiger partial charge in [0.25, 0.3) is 5.91 Å². The summed E-state index contributed by atoms with van der Waals surface area (Å²) in [7, 11) is 1.20. The zero-order valence-electron chi connectivity index (χ0n) is 10.6. The average Bonchev–Trinajstić information content (AvgIpc) is 2.42. The van der Waals surface area contributed by atoms with Gasteiger partial charge < -0.3 is 15.2 Å². The fourth-order valence-electron chi connectivity index (χ4n) is 1.40. The highest BCUT2D eigenvalue weighted by Crippen LogP contribution is 2.13. The molecule has 0 radical (unpaired) electrons. The summed E-state index contributed by atoms with van der Waals surface area (Å²) in [5.74, 6) is -2.47. The van der Waals surface area contributed by atoms with Crippen LogP contribution >= 0.6 is 11.6 Å². The number of carboxylic acids is 1. The number of rotatable bonds is 6. The topological polar surface area (TPSA) is 106 Å². The third-order valence-corrected chi connectivity index (χ3v) is 2.81. The number of carbonyl (C=O) groups excluding carboxylic acids is 2. The van der Waals surface area contributed by atoms with Crippen LogP contribution in [0.25, 0.3) is 0 Å². The van der Waals surface area contributed by atoms with Gasteiger partial charge in [-0.25, -0.2) is 4.79 Å². The molecule has 0 aromatic carbocycles. The fraction of sp³-hybridized carbons (Fsp3) is 0.333. The molecule has 1 atom stereocenters. The van der Waals surface area contributed by atoms with Gasteiger partial charge in [0.05, 0.1) is 17.7 Å². The summed E-state index contributed by atoms with van der Waals surface area (Å²) in [5, 5.41) is 11.5. The van der Waals surface area contributed by atoms with Gasteiger partial charge in [-0.05, 0) is 12.5 Å². The van der Waals surface area contributed by atoms with Crippen LogP contribution in [0.3, 0.4) is 0 Å². The minimum atomic E-state index is -1.25. The van der Waals surface area contributed by atoms with E-state index < -0.39 is 23.9 Å². The number of aromatic nitrogens is 1. The number of pyridine rings is 1. The van der Waals surface area contributed by atoms with Gasteiger partial charge >= 0.3 is 11.9 Å². The predicted octanol–water partition coefficient (Wildman–Crippen LogP) is 0.871. The number of hydrogen-bond donors (Lipinski definition) is 2. The van der Waals surface area contributed by atoms with Crippen molar-refractivity contribution in [1.29, 1.82) is 0 Å². The Hall–Kier alpha value is -2.15. The lowest BCUT2D eigenvalue weighted by Gasteiger charge is -2.14. The first-order valence-corrected chi connectivity index (χ1v) is 6.03. The normalized spacial score (nSPS) is 11.5. The Morgan fingerprint density at radius 1 is 1.50 bits per heavy atom. The van der Waals surface area contributed by atoms with Crippen molar-refractivity contribution in [3.05, 3.63) is 29.0 Å². The molecule has 7 nitrogen and oxygen atoms in total. The molecule has 0 saturated carbocycles. The number of halogens is 1. The Labute approximate surface area is 119 Å². The summed E-state index contributed by atoms with van der Waals surface area (Å²) in [5.41, 5.74) is 0.0680.